The fraction of sp³-hybridized carbons (Fsp3) is 0.625. The monoisotopic (exact) mass is 266 g/mol. The normalized spacial score (nSPS) is 13.3. The molecule has 1 rings (SSSR count). The van der Waals surface area contributed by atoms with Gasteiger partial charge in [-0.3, -0.25) is 0 Å². The lowest BCUT2D eigenvalue weighted by atomic mass is 10.0. The van der Waals surface area contributed by atoms with Gasteiger partial charge in [-0.25, -0.2) is 4.39 Å². The van der Waals surface area contributed by atoms with Crippen LogP contribution in [0.4, 0.5) is 4.39 Å². The number of hydrogen-bond donors (Lipinski definition) is 1. The van der Waals surface area contributed by atoms with Crippen molar-refractivity contribution in [3.8, 4) is 0 Å². The molecule has 1 atom stereocenters. The first kappa shape index (κ1) is 16.1. The maximum absolute atomic E-state index is 13.5. The molecule has 0 radical (unpaired) electrons. The fourth-order valence-electron chi connectivity index (χ4n) is 2.24. The van der Waals surface area contributed by atoms with Gasteiger partial charge in [0.25, 0.3) is 0 Å². The lowest BCUT2D eigenvalue weighted by Crippen LogP contribution is -2.38. The van der Waals surface area contributed by atoms with E-state index < -0.39 is 0 Å². The third kappa shape index (κ3) is 6.17. The van der Waals surface area contributed by atoms with Crippen LogP contribution in [0.25, 0.3) is 0 Å². The minimum Gasteiger partial charge on any atom is -0.309 e. The van der Waals surface area contributed by atoms with E-state index in [1.54, 1.807) is 13.0 Å². The van der Waals surface area contributed by atoms with Crippen molar-refractivity contribution in [1.82, 2.24) is 10.2 Å². The minimum absolute atomic E-state index is 0.118. The van der Waals surface area contributed by atoms with Crippen LogP contribution in [0.1, 0.15) is 31.4 Å². The van der Waals surface area contributed by atoms with E-state index >= 15 is 0 Å². The van der Waals surface area contributed by atoms with Gasteiger partial charge >= 0.3 is 0 Å². The van der Waals surface area contributed by atoms with E-state index in [4.69, 9.17) is 0 Å². The standard InChI is InChI=1S/C16H27FN2/c1-12(2)8-15(11-19(4)5)18-10-14-7-6-13(3)16(17)9-14/h6-7,9,12,15,18H,8,10-11H2,1-5H3. The summed E-state index contributed by atoms with van der Waals surface area (Å²) in [4.78, 5) is 2.19. The van der Waals surface area contributed by atoms with Crippen LogP contribution < -0.4 is 5.32 Å². The smallest absolute Gasteiger partial charge is 0.126 e. The minimum atomic E-state index is -0.118. The van der Waals surface area contributed by atoms with Gasteiger partial charge in [-0.05, 0) is 50.6 Å². The van der Waals surface area contributed by atoms with Crippen LogP contribution in [0.2, 0.25) is 0 Å². The summed E-state index contributed by atoms with van der Waals surface area (Å²) in [6.45, 7) is 7.99. The Balaban J connectivity index is 2.56. The molecule has 0 aliphatic rings. The first-order valence-corrected chi connectivity index (χ1v) is 7.01. The van der Waals surface area contributed by atoms with Crippen molar-refractivity contribution in [2.24, 2.45) is 5.92 Å². The highest BCUT2D eigenvalue weighted by atomic mass is 19.1. The van der Waals surface area contributed by atoms with Crippen molar-refractivity contribution in [3.05, 3.63) is 35.1 Å². The summed E-state index contributed by atoms with van der Waals surface area (Å²) in [6, 6.07) is 5.91. The molecule has 0 saturated carbocycles. The molecule has 108 valence electrons. The molecule has 1 N–H and O–H groups in total. The molecule has 0 fully saturated rings. The van der Waals surface area contributed by atoms with Crippen molar-refractivity contribution in [2.75, 3.05) is 20.6 Å². The highest BCUT2D eigenvalue weighted by molar-refractivity contribution is 5.23. The van der Waals surface area contributed by atoms with Crippen LogP contribution in [-0.4, -0.2) is 31.6 Å². The average Bonchev–Trinajstić information content (AvgIpc) is 2.29. The summed E-state index contributed by atoms with van der Waals surface area (Å²) in [5.74, 6) is 0.541. The third-order valence-corrected chi connectivity index (χ3v) is 3.17. The van der Waals surface area contributed by atoms with Gasteiger partial charge in [-0.2, -0.15) is 0 Å². The topological polar surface area (TPSA) is 15.3 Å². The lowest BCUT2D eigenvalue weighted by Gasteiger charge is -2.24. The largest absolute Gasteiger partial charge is 0.309 e. The summed E-state index contributed by atoms with van der Waals surface area (Å²) in [5.41, 5.74) is 1.71. The molecule has 0 bridgehead atoms. The van der Waals surface area contributed by atoms with Crippen LogP contribution in [0.15, 0.2) is 18.2 Å². The highest BCUT2D eigenvalue weighted by Gasteiger charge is 2.11. The number of rotatable bonds is 7. The molecule has 0 aliphatic heterocycles. The molecule has 0 amide bonds. The van der Waals surface area contributed by atoms with Gasteiger partial charge < -0.3 is 10.2 Å². The van der Waals surface area contributed by atoms with E-state index in [1.165, 1.54) is 0 Å². The van der Waals surface area contributed by atoms with Crippen molar-refractivity contribution >= 4 is 0 Å². The summed E-state index contributed by atoms with van der Waals surface area (Å²) >= 11 is 0. The lowest BCUT2D eigenvalue weighted by molar-refractivity contribution is 0.305. The average molecular weight is 266 g/mol. The molecule has 19 heavy (non-hydrogen) atoms. The van der Waals surface area contributed by atoms with Crippen molar-refractivity contribution < 1.29 is 4.39 Å². The van der Waals surface area contributed by atoms with Crippen LogP contribution >= 0.6 is 0 Å². The van der Waals surface area contributed by atoms with Gasteiger partial charge in [0, 0.05) is 19.1 Å². The molecule has 0 aromatic heterocycles. The molecule has 0 spiro atoms. The van der Waals surface area contributed by atoms with Crippen LogP contribution in [-0.2, 0) is 6.54 Å². The first-order valence-electron chi connectivity index (χ1n) is 7.01. The molecule has 1 aromatic rings. The Kier molecular flexibility index (Phi) is 6.46. The van der Waals surface area contributed by atoms with Gasteiger partial charge in [-0.15, -0.1) is 0 Å². The maximum Gasteiger partial charge on any atom is 0.126 e. The second-order valence-electron chi connectivity index (χ2n) is 6.05. The quantitative estimate of drug-likeness (QED) is 0.815. The van der Waals surface area contributed by atoms with Gasteiger partial charge in [-0.1, -0.05) is 26.0 Å². The maximum atomic E-state index is 13.5. The zero-order valence-corrected chi connectivity index (χ0v) is 12.8. The predicted molar refractivity (Wildman–Crippen MR) is 79.8 cm³/mol. The second kappa shape index (κ2) is 7.61. The Morgan fingerprint density at radius 2 is 1.95 bits per heavy atom. The van der Waals surface area contributed by atoms with E-state index in [-0.39, 0.29) is 5.82 Å². The number of aryl methyl sites for hydroxylation is 1. The molecule has 1 aromatic carbocycles. The number of nitrogens with one attached hydrogen (secondary N) is 1. The number of benzene rings is 1. The van der Waals surface area contributed by atoms with E-state index in [9.17, 15) is 4.39 Å². The Bertz CT molecular complexity index is 378. The van der Waals surface area contributed by atoms with Crippen molar-refractivity contribution in [1.29, 1.82) is 0 Å². The number of nitrogens with zero attached hydrogens (tertiary/aromatic N) is 1. The SMILES string of the molecule is Cc1ccc(CNC(CC(C)C)CN(C)C)cc1F. The van der Waals surface area contributed by atoms with E-state index in [0.717, 1.165) is 25.1 Å². The summed E-state index contributed by atoms with van der Waals surface area (Å²) in [5, 5.41) is 3.54. The highest BCUT2D eigenvalue weighted by Crippen LogP contribution is 2.11. The Morgan fingerprint density at radius 3 is 2.47 bits per heavy atom. The Hall–Kier alpha value is -0.930. The van der Waals surface area contributed by atoms with Gasteiger partial charge in [0.1, 0.15) is 5.82 Å². The number of likely N-dealkylation sites (N-methyl/N-ethyl adjacent to an activating group) is 1. The molecule has 0 saturated heterocycles. The van der Waals surface area contributed by atoms with Gasteiger partial charge in [0.2, 0.25) is 0 Å². The number of halogens is 1. The summed E-state index contributed by atoms with van der Waals surface area (Å²) in [7, 11) is 4.17. The molecular weight excluding hydrogens is 239 g/mol. The Labute approximate surface area is 117 Å². The Morgan fingerprint density at radius 1 is 1.26 bits per heavy atom. The fourth-order valence-corrected chi connectivity index (χ4v) is 2.24. The first-order chi connectivity index (χ1) is 8.88. The van der Waals surface area contributed by atoms with E-state index in [0.29, 0.717) is 17.5 Å². The molecule has 0 aliphatic carbocycles. The van der Waals surface area contributed by atoms with Gasteiger partial charge in [0.05, 0.1) is 0 Å². The summed E-state index contributed by atoms with van der Waals surface area (Å²) in [6.07, 6.45) is 1.13. The van der Waals surface area contributed by atoms with Crippen LogP contribution in [0.3, 0.4) is 0 Å². The van der Waals surface area contributed by atoms with Crippen molar-refractivity contribution in [3.63, 3.8) is 0 Å². The third-order valence-electron chi connectivity index (χ3n) is 3.17. The molecule has 1 unspecified atom stereocenters. The zero-order valence-electron chi connectivity index (χ0n) is 12.8. The molecule has 3 heteroatoms. The molecule has 2 nitrogen and oxygen atoms in total. The molecular formula is C16H27FN2. The van der Waals surface area contributed by atoms with Crippen LogP contribution in [0, 0.1) is 18.7 Å². The van der Waals surface area contributed by atoms with E-state index in [1.807, 2.05) is 12.1 Å². The zero-order chi connectivity index (χ0) is 14.4. The molecule has 0 heterocycles. The van der Waals surface area contributed by atoms with Crippen LogP contribution in [0.5, 0.6) is 0 Å². The predicted octanol–water partition coefficient (Wildman–Crippen LogP) is 3.20. The summed E-state index contributed by atoms with van der Waals surface area (Å²) < 4.78 is 13.5. The second-order valence-corrected chi connectivity index (χ2v) is 6.05. The van der Waals surface area contributed by atoms with Crippen molar-refractivity contribution in [2.45, 2.75) is 39.8 Å². The number of hydrogen-bond acceptors (Lipinski definition) is 2. The van der Waals surface area contributed by atoms with Gasteiger partial charge in [0.15, 0.2) is 0 Å². The van der Waals surface area contributed by atoms with E-state index in [2.05, 4.69) is 38.2 Å².